The smallest absolute Gasteiger partial charge is 0.166 e. The van der Waals surface area contributed by atoms with Gasteiger partial charge in [0.25, 0.3) is 0 Å². The molecule has 2 aliphatic heterocycles. The van der Waals surface area contributed by atoms with Crippen molar-refractivity contribution >= 4 is 28.6 Å². The van der Waals surface area contributed by atoms with Gasteiger partial charge in [0.1, 0.15) is 5.84 Å². The summed E-state index contributed by atoms with van der Waals surface area (Å²) >= 11 is 0. The molecule has 24 heavy (non-hydrogen) atoms. The summed E-state index contributed by atoms with van der Waals surface area (Å²) in [5.41, 5.74) is 3.44. The molecule has 0 saturated heterocycles. The van der Waals surface area contributed by atoms with E-state index in [1.807, 2.05) is 17.4 Å². The minimum Gasteiger partial charge on any atom is -0.302 e. The van der Waals surface area contributed by atoms with Crippen LogP contribution in [0.2, 0.25) is 0 Å². The summed E-state index contributed by atoms with van der Waals surface area (Å²) in [6.45, 7) is 2.73. The number of amidine groups is 1. The lowest BCUT2D eigenvalue weighted by Crippen LogP contribution is -2.47. The maximum atomic E-state index is 4.83. The van der Waals surface area contributed by atoms with E-state index in [1.165, 1.54) is 5.39 Å². The van der Waals surface area contributed by atoms with Crippen LogP contribution in [0.3, 0.4) is 0 Å². The molecule has 0 spiro atoms. The van der Waals surface area contributed by atoms with Crippen LogP contribution in [-0.4, -0.2) is 29.4 Å². The predicted molar refractivity (Wildman–Crippen MR) is 98.4 cm³/mol. The van der Waals surface area contributed by atoms with Crippen molar-refractivity contribution in [3.05, 3.63) is 66.4 Å². The number of benzene rings is 2. The molecule has 1 unspecified atom stereocenters. The molecule has 0 N–H and O–H groups in total. The zero-order valence-electron chi connectivity index (χ0n) is 13.4. The van der Waals surface area contributed by atoms with Crippen LogP contribution in [0.25, 0.3) is 10.9 Å². The Bertz CT molecular complexity index is 984. The van der Waals surface area contributed by atoms with Gasteiger partial charge in [-0.25, -0.2) is 4.68 Å². The molecule has 5 heteroatoms. The molecule has 2 aromatic carbocycles. The Balaban J connectivity index is 1.65. The number of para-hydroxylation sites is 2. The minimum absolute atomic E-state index is 0.0423. The highest BCUT2D eigenvalue weighted by Gasteiger charge is 2.36. The van der Waals surface area contributed by atoms with Crippen molar-refractivity contribution in [1.82, 2.24) is 4.68 Å². The number of hydrogen-bond donors (Lipinski definition) is 0. The molecule has 0 bridgehead atoms. The van der Waals surface area contributed by atoms with Gasteiger partial charge in [0.15, 0.2) is 6.17 Å². The number of nitrogens with zero attached hydrogens (tertiary/aromatic N) is 5. The molecule has 0 amide bonds. The van der Waals surface area contributed by atoms with Crippen molar-refractivity contribution in [2.75, 3.05) is 16.6 Å². The van der Waals surface area contributed by atoms with Gasteiger partial charge in [-0.05, 0) is 25.1 Å². The third-order valence-electron chi connectivity index (χ3n) is 4.66. The Morgan fingerprint density at radius 1 is 1.00 bits per heavy atom. The second-order valence-corrected chi connectivity index (χ2v) is 6.09. The molecule has 118 valence electrons. The van der Waals surface area contributed by atoms with Crippen molar-refractivity contribution in [1.29, 1.82) is 0 Å². The van der Waals surface area contributed by atoms with Crippen LogP contribution in [0.1, 0.15) is 12.5 Å². The van der Waals surface area contributed by atoms with Gasteiger partial charge in [-0.3, -0.25) is 4.99 Å². The Hall–Kier alpha value is -3.08. The van der Waals surface area contributed by atoms with Gasteiger partial charge in [-0.1, -0.05) is 36.4 Å². The molecule has 0 saturated carbocycles. The zero-order valence-corrected chi connectivity index (χ0v) is 13.4. The Kier molecular flexibility index (Phi) is 2.76. The summed E-state index contributed by atoms with van der Waals surface area (Å²) < 4.78 is 2.12. The fourth-order valence-electron chi connectivity index (χ4n) is 3.57. The van der Waals surface area contributed by atoms with E-state index in [9.17, 15) is 0 Å². The number of fused-ring (bicyclic) bond motifs is 4. The maximum Gasteiger partial charge on any atom is 0.166 e. The lowest BCUT2D eigenvalue weighted by Gasteiger charge is -2.30. The molecule has 3 aromatic rings. The van der Waals surface area contributed by atoms with E-state index in [4.69, 9.17) is 5.10 Å². The summed E-state index contributed by atoms with van der Waals surface area (Å²) in [7, 11) is 0. The number of aliphatic imine (C=N–C) groups is 1. The standard InChI is InChI=1S/C19H17N5/c1-14-21-24(22-11-10-15-6-2-4-8-17(15)22)19-13-20-12-16-7-3-5-9-18(16)23(14)19/h2-12,19H,13H2,1H3. The van der Waals surface area contributed by atoms with Gasteiger partial charge < -0.3 is 4.90 Å². The lowest BCUT2D eigenvalue weighted by molar-refractivity contribution is 0.538. The molecule has 5 rings (SSSR count). The number of hydrazone groups is 1. The Morgan fingerprint density at radius 3 is 2.79 bits per heavy atom. The summed E-state index contributed by atoms with van der Waals surface area (Å²) in [5.74, 6) is 0.982. The first-order valence-electron chi connectivity index (χ1n) is 8.12. The monoisotopic (exact) mass is 315 g/mol. The van der Waals surface area contributed by atoms with Crippen LogP contribution < -0.4 is 10.0 Å². The molecule has 0 radical (unpaired) electrons. The third-order valence-corrected chi connectivity index (χ3v) is 4.66. The van der Waals surface area contributed by atoms with Crippen LogP contribution in [-0.2, 0) is 0 Å². The fraction of sp³-hybridized carbons (Fsp3) is 0.158. The molecule has 1 aromatic heterocycles. The quantitative estimate of drug-likeness (QED) is 0.691. The summed E-state index contributed by atoms with van der Waals surface area (Å²) in [6, 6.07) is 18.8. The van der Waals surface area contributed by atoms with E-state index < -0.39 is 0 Å². The van der Waals surface area contributed by atoms with Crippen LogP contribution in [0, 0.1) is 0 Å². The zero-order chi connectivity index (χ0) is 16.1. The molecule has 0 fully saturated rings. The van der Waals surface area contributed by atoms with E-state index in [1.54, 1.807) is 0 Å². The average Bonchev–Trinajstić information content (AvgIpc) is 3.10. The van der Waals surface area contributed by atoms with E-state index in [0.717, 1.165) is 22.6 Å². The van der Waals surface area contributed by atoms with Gasteiger partial charge in [0, 0.05) is 23.4 Å². The van der Waals surface area contributed by atoms with E-state index in [2.05, 4.69) is 76.2 Å². The average molecular weight is 315 g/mol. The lowest BCUT2D eigenvalue weighted by atomic mass is 10.1. The number of aromatic nitrogens is 1. The van der Waals surface area contributed by atoms with Crippen LogP contribution >= 0.6 is 0 Å². The summed E-state index contributed by atoms with van der Waals surface area (Å²) in [4.78, 5) is 6.91. The first-order valence-corrected chi connectivity index (χ1v) is 8.12. The predicted octanol–water partition coefficient (Wildman–Crippen LogP) is 3.19. The van der Waals surface area contributed by atoms with E-state index >= 15 is 0 Å². The highest BCUT2D eigenvalue weighted by Crippen LogP contribution is 2.30. The molecule has 3 heterocycles. The highest BCUT2D eigenvalue weighted by molar-refractivity contribution is 6.04. The van der Waals surface area contributed by atoms with Gasteiger partial charge in [-0.2, -0.15) is 5.12 Å². The van der Waals surface area contributed by atoms with Gasteiger partial charge in [0.05, 0.1) is 17.7 Å². The van der Waals surface area contributed by atoms with Crippen LogP contribution in [0.15, 0.2) is 70.9 Å². The van der Waals surface area contributed by atoms with Crippen molar-refractivity contribution in [2.45, 2.75) is 13.1 Å². The van der Waals surface area contributed by atoms with Gasteiger partial charge in [-0.15, -0.1) is 5.10 Å². The molecule has 5 nitrogen and oxygen atoms in total. The highest BCUT2D eigenvalue weighted by atomic mass is 15.8. The van der Waals surface area contributed by atoms with E-state index in [-0.39, 0.29) is 6.17 Å². The van der Waals surface area contributed by atoms with Crippen molar-refractivity contribution in [3.8, 4) is 0 Å². The van der Waals surface area contributed by atoms with E-state index in [0.29, 0.717) is 6.54 Å². The Morgan fingerprint density at radius 2 is 1.83 bits per heavy atom. The first kappa shape index (κ1) is 13.4. The normalized spacial score (nSPS) is 19.2. The topological polar surface area (TPSA) is 36.1 Å². The second-order valence-electron chi connectivity index (χ2n) is 6.09. The largest absolute Gasteiger partial charge is 0.302 e. The fourth-order valence-corrected chi connectivity index (χ4v) is 3.57. The number of rotatable bonds is 1. The summed E-state index contributed by atoms with van der Waals surface area (Å²) in [6.07, 6.45) is 4.08. The second kappa shape index (κ2) is 4.96. The number of anilines is 1. The third kappa shape index (κ3) is 1.81. The van der Waals surface area contributed by atoms with Gasteiger partial charge >= 0.3 is 0 Å². The molecular formula is C19H17N5. The summed E-state index contributed by atoms with van der Waals surface area (Å²) in [5, 5.41) is 8.08. The minimum atomic E-state index is 0.0423. The van der Waals surface area contributed by atoms with Crippen molar-refractivity contribution in [3.63, 3.8) is 0 Å². The Labute approximate surface area is 140 Å². The van der Waals surface area contributed by atoms with Gasteiger partial charge in [0.2, 0.25) is 0 Å². The molecular weight excluding hydrogens is 298 g/mol. The maximum absolute atomic E-state index is 4.83. The number of hydrogen-bond acceptors (Lipinski definition) is 4. The molecule has 1 atom stereocenters. The van der Waals surface area contributed by atoms with Crippen molar-refractivity contribution < 1.29 is 0 Å². The molecule has 0 aliphatic carbocycles. The van der Waals surface area contributed by atoms with Crippen LogP contribution in [0.5, 0.6) is 0 Å². The SMILES string of the molecule is CC1=NN(n2ccc3ccccc32)C2CN=Cc3ccccc3N12. The first-order chi connectivity index (χ1) is 11.8. The van der Waals surface area contributed by atoms with Crippen molar-refractivity contribution in [2.24, 2.45) is 10.1 Å². The molecule has 2 aliphatic rings. The van der Waals surface area contributed by atoms with Crippen LogP contribution in [0.4, 0.5) is 5.69 Å².